The van der Waals surface area contributed by atoms with Gasteiger partial charge in [0.15, 0.2) is 0 Å². The van der Waals surface area contributed by atoms with Crippen LogP contribution in [-0.2, 0) is 21.2 Å². The van der Waals surface area contributed by atoms with Crippen LogP contribution in [0.4, 0.5) is 0 Å². The molecule has 0 aliphatic rings. The molecule has 8 heteroatoms. The van der Waals surface area contributed by atoms with E-state index in [-0.39, 0.29) is 29.6 Å². The molecule has 122 valence electrons. The Kier molecular flexibility index (Phi) is 16.9. The Bertz CT molecular complexity index is 360. The molecule has 21 heavy (non-hydrogen) atoms. The average molecular weight is 350 g/mol. The Morgan fingerprint density at radius 3 is 1.81 bits per heavy atom. The molecular formula is C13H27NaO5S2. The maximum atomic E-state index is 10.9. The van der Waals surface area contributed by atoms with Gasteiger partial charge in [-0.05, 0) is 6.42 Å². The van der Waals surface area contributed by atoms with Crippen molar-refractivity contribution in [2.45, 2.75) is 76.4 Å². The molecule has 5 nitrogen and oxygen atoms in total. The van der Waals surface area contributed by atoms with Crippen LogP contribution in [0.15, 0.2) is 0 Å². The van der Waals surface area contributed by atoms with Gasteiger partial charge in [-0.1, -0.05) is 75.8 Å². The molecule has 2 atom stereocenters. The van der Waals surface area contributed by atoms with Crippen molar-refractivity contribution in [3.63, 3.8) is 0 Å². The second-order valence-corrected chi connectivity index (χ2v) is 7.93. The van der Waals surface area contributed by atoms with E-state index in [2.05, 4.69) is 6.92 Å². The van der Waals surface area contributed by atoms with Gasteiger partial charge in [-0.2, -0.15) is 8.42 Å². The molecule has 0 aliphatic carbocycles. The Morgan fingerprint density at radius 2 is 1.43 bits per heavy atom. The molecule has 0 heterocycles. The fraction of sp³-hybridized carbons (Fsp3) is 1.00. The third-order valence-electron chi connectivity index (χ3n) is 3.30. The van der Waals surface area contributed by atoms with E-state index in [9.17, 15) is 17.2 Å². The summed E-state index contributed by atoms with van der Waals surface area (Å²) in [4.78, 5) is 0. The van der Waals surface area contributed by atoms with Gasteiger partial charge < -0.3 is 4.55 Å². The monoisotopic (exact) mass is 350 g/mol. The second-order valence-electron chi connectivity index (χ2n) is 5.25. The molecule has 0 aromatic heterocycles. The smallest absolute Gasteiger partial charge is 0.772 e. The Labute approximate surface area is 154 Å². The van der Waals surface area contributed by atoms with Crippen molar-refractivity contribution >= 4 is 21.2 Å². The van der Waals surface area contributed by atoms with E-state index in [1.165, 1.54) is 32.1 Å². The van der Waals surface area contributed by atoms with Crippen molar-refractivity contribution in [3.05, 3.63) is 0 Å². The summed E-state index contributed by atoms with van der Waals surface area (Å²) in [5, 5.41) is -0.991. The zero-order valence-corrected chi connectivity index (χ0v) is 16.9. The summed E-state index contributed by atoms with van der Waals surface area (Å²) < 4.78 is 51.8. The first kappa shape index (κ1) is 24.3. The Hall–Kier alpha value is 1.02. The molecule has 0 rings (SSSR count). The van der Waals surface area contributed by atoms with Gasteiger partial charge in [-0.25, -0.2) is 0 Å². The summed E-state index contributed by atoms with van der Waals surface area (Å²) in [7, 11) is -4.22. The van der Waals surface area contributed by atoms with E-state index in [1.54, 1.807) is 0 Å². The molecule has 2 unspecified atom stereocenters. The van der Waals surface area contributed by atoms with Crippen LogP contribution in [0.1, 0.15) is 71.1 Å². The summed E-state index contributed by atoms with van der Waals surface area (Å²) in [6.07, 6.45) is 10.4. The van der Waals surface area contributed by atoms with Gasteiger partial charge >= 0.3 is 29.6 Å². The molecule has 0 bridgehead atoms. The van der Waals surface area contributed by atoms with Crippen molar-refractivity contribution in [3.8, 4) is 0 Å². The van der Waals surface area contributed by atoms with E-state index < -0.39 is 32.2 Å². The Morgan fingerprint density at radius 1 is 1.00 bits per heavy atom. The predicted molar refractivity (Wildman–Crippen MR) is 81.0 cm³/mol. The first-order chi connectivity index (χ1) is 9.37. The molecule has 0 radical (unpaired) electrons. The Balaban J connectivity index is 0. The van der Waals surface area contributed by atoms with Gasteiger partial charge in [0.05, 0.1) is 5.75 Å². The van der Waals surface area contributed by atoms with Crippen molar-refractivity contribution in [1.82, 2.24) is 0 Å². The molecule has 0 spiro atoms. The summed E-state index contributed by atoms with van der Waals surface area (Å²) in [6, 6.07) is 0. The van der Waals surface area contributed by atoms with E-state index in [0.717, 1.165) is 19.3 Å². The molecule has 1 N–H and O–H groups in total. The van der Waals surface area contributed by atoms with E-state index in [4.69, 9.17) is 4.55 Å². The van der Waals surface area contributed by atoms with E-state index >= 15 is 0 Å². The fourth-order valence-corrected chi connectivity index (χ4v) is 4.11. The molecule has 0 fully saturated rings. The summed E-state index contributed by atoms with van der Waals surface area (Å²) >= 11 is -2.45. The molecule has 0 aromatic carbocycles. The maximum absolute atomic E-state index is 10.9. The summed E-state index contributed by atoms with van der Waals surface area (Å²) in [5.41, 5.74) is 0. The number of hydrogen-bond acceptors (Lipinski definition) is 4. The third-order valence-corrected chi connectivity index (χ3v) is 5.28. The normalized spacial score (nSPS) is 14.4. The number of hydrogen-bond donors (Lipinski definition) is 1. The predicted octanol–water partition coefficient (Wildman–Crippen LogP) is 0.0468. The maximum Gasteiger partial charge on any atom is 1.00 e. The minimum Gasteiger partial charge on any atom is -0.772 e. The summed E-state index contributed by atoms with van der Waals surface area (Å²) in [5.74, 6) is -0.694. The van der Waals surface area contributed by atoms with E-state index in [0.29, 0.717) is 12.8 Å². The van der Waals surface area contributed by atoms with Gasteiger partial charge in [-0.15, -0.1) is 0 Å². The van der Waals surface area contributed by atoms with Crippen LogP contribution >= 0.6 is 0 Å². The quantitative estimate of drug-likeness (QED) is 0.219. The van der Waals surface area contributed by atoms with Crippen molar-refractivity contribution in [2.75, 3.05) is 5.75 Å². The minimum absolute atomic E-state index is 0. The minimum atomic E-state index is -4.22. The average Bonchev–Trinajstić information content (AvgIpc) is 2.33. The van der Waals surface area contributed by atoms with Crippen LogP contribution in [0, 0.1) is 0 Å². The standard InChI is InChI=1S/C13H28O5S2.Na/c1-2-3-4-5-6-7-8-9-10-11-13(19(14)15)12-20(16,17)18;/h13H,2-12H2,1H3,(H,14,15)(H,16,17,18);/q;+1/p-1. The number of unbranched alkanes of at least 4 members (excludes halogenated alkanes) is 8. The zero-order chi connectivity index (χ0) is 15.4. The first-order valence-corrected chi connectivity index (χ1v) is 10.1. The van der Waals surface area contributed by atoms with Crippen LogP contribution in [-0.4, -0.2) is 32.7 Å². The largest absolute Gasteiger partial charge is 1.00 e. The first-order valence-electron chi connectivity index (χ1n) is 7.40. The molecule has 0 amide bonds. The third kappa shape index (κ3) is 17.2. The van der Waals surface area contributed by atoms with Crippen LogP contribution < -0.4 is 29.6 Å². The molecule has 0 aliphatic heterocycles. The molecule has 0 aromatic rings. The van der Waals surface area contributed by atoms with Gasteiger partial charge in [0.25, 0.3) is 10.1 Å². The van der Waals surface area contributed by atoms with Gasteiger partial charge in [0, 0.05) is 5.25 Å². The SMILES string of the molecule is CCCCCCCCCCCC(CS(=O)(=O)O)S(=O)[O-].[Na+]. The number of rotatable bonds is 13. The van der Waals surface area contributed by atoms with Gasteiger partial charge in [0.2, 0.25) is 0 Å². The van der Waals surface area contributed by atoms with Crippen LogP contribution in [0.3, 0.4) is 0 Å². The van der Waals surface area contributed by atoms with Crippen LogP contribution in [0.5, 0.6) is 0 Å². The second kappa shape index (κ2) is 14.6. The van der Waals surface area contributed by atoms with Crippen molar-refractivity contribution in [2.24, 2.45) is 0 Å². The molecule has 0 saturated carbocycles. The zero-order valence-electron chi connectivity index (χ0n) is 13.3. The van der Waals surface area contributed by atoms with Crippen LogP contribution in [0.25, 0.3) is 0 Å². The molecule has 0 saturated heterocycles. The van der Waals surface area contributed by atoms with Crippen molar-refractivity contribution < 1.29 is 51.3 Å². The summed E-state index contributed by atoms with van der Waals surface area (Å²) in [6.45, 7) is 2.18. The van der Waals surface area contributed by atoms with Crippen molar-refractivity contribution in [1.29, 1.82) is 0 Å². The van der Waals surface area contributed by atoms with Gasteiger partial charge in [-0.3, -0.25) is 8.76 Å². The van der Waals surface area contributed by atoms with Gasteiger partial charge in [0.1, 0.15) is 0 Å². The fourth-order valence-electron chi connectivity index (χ4n) is 2.15. The van der Waals surface area contributed by atoms with Crippen LogP contribution in [0.2, 0.25) is 0 Å². The van der Waals surface area contributed by atoms with E-state index in [1.807, 2.05) is 0 Å². The molecular weight excluding hydrogens is 323 g/mol. The topological polar surface area (TPSA) is 94.5 Å².